The van der Waals surface area contributed by atoms with E-state index in [0.717, 1.165) is 12.1 Å². The third-order valence-corrected chi connectivity index (χ3v) is 4.24. The maximum Gasteiger partial charge on any atom is 0.345 e. The van der Waals surface area contributed by atoms with Crippen molar-refractivity contribution in [3.05, 3.63) is 65.0 Å². The molecule has 0 spiro atoms. The Bertz CT molecular complexity index is 903. The van der Waals surface area contributed by atoms with Gasteiger partial charge in [0.2, 0.25) is 0 Å². The first-order chi connectivity index (χ1) is 12.9. The molecule has 5 nitrogen and oxygen atoms in total. The van der Waals surface area contributed by atoms with Gasteiger partial charge in [0.1, 0.15) is 23.2 Å². The maximum absolute atomic E-state index is 14.4. The number of rotatable bonds is 3. The molecule has 1 atom stereocenters. The summed E-state index contributed by atoms with van der Waals surface area (Å²) in [6.07, 6.45) is 0.455. The highest BCUT2D eigenvalue weighted by Crippen LogP contribution is 2.28. The molecule has 0 aliphatic carbocycles. The average Bonchev–Trinajstić information content (AvgIpc) is 2.97. The number of nitrogens with one attached hydrogen (secondary N) is 2. The van der Waals surface area contributed by atoms with E-state index in [9.17, 15) is 22.8 Å². The van der Waals surface area contributed by atoms with Gasteiger partial charge in [-0.1, -0.05) is 6.92 Å². The number of aryl methyl sites for hydroxylation is 1. The van der Waals surface area contributed by atoms with Crippen molar-refractivity contribution in [3.63, 3.8) is 0 Å². The van der Waals surface area contributed by atoms with Gasteiger partial charge in [0.15, 0.2) is 0 Å². The third kappa shape index (κ3) is 3.99. The molecule has 0 bridgehead atoms. The van der Waals surface area contributed by atoms with E-state index in [0.29, 0.717) is 12.0 Å². The number of carbonyl (C=O) groups excluding carboxylic acids is 2. The average molecular weight is 375 g/mol. The van der Waals surface area contributed by atoms with E-state index in [1.807, 2.05) is 0 Å². The van der Waals surface area contributed by atoms with Crippen molar-refractivity contribution in [1.82, 2.24) is 5.32 Å². The molecule has 2 N–H and O–H groups in total. The minimum Gasteiger partial charge on any atom is -0.350 e. The Balaban J connectivity index is 1.89. The quantitative estimate of drug-likeness (QED) is 0.861. The van der Waals surface area contributed by atoms with Crippen LogP contribution < -0.4 is 10.6 Å². The Hall–Kier alpha value is -3.16. The number of amides is 3. The van der Waals surface area contributed by atoms with E-state index >= 15 is 0 Å². The van der Waals surface area contributed by atoms with E-state index in [2.05, 4.69) is 15.6 Å². The lowest BCUT2D eigenvalue weighted by atomic mass is 9.93. The van der Waals surface area contributed by atoms with Crippen LogP contribution in [-0.4, -0.2) is 24.2 Å². The molecule has 3 amide bonds. The highest BCUT2D eigenvalue weighted by molar-refractivity contribution is 6.44. The molecule has 1 heterocycles. The number of hydrogen-bond donors (Lipinski definition) is 2. The molecule has 8 heteroatoms. The molecule has 2 aromatic rings. The summed E-state index contributed by atoms with van der Waals surface area (Å²) in [5, 5.41) is 4.82. The zero-order chi connectivity index (χ0) is 19.6. The number of halogens is 3. The van der Waals surface area contributed by atoms with Crippen molar-refractivity contribution in [2.24, 2.45) is 4.99 Å². The fourth-order valence-corrected chi connectivity index (χ4v) is 2.88. The van der Waals surface area contributed by atoms with Gasteiger partial charge in [-0.25, -0.2) is 18.0 Å². The van der Waals surface area contributed by atoms with E-state index in [1.54, 1.807) is 6.92 Å². The summed E-state index contributed by atoms with van der Waals surface area (Å²) in [6, 6.07) is 6.45. The molecule has 27 heavy (non-hydrogen) atoms. The van der Waals surface area contributed by atoms with E-state index in [-0.39, 0.29) is 23.5 Å². The number of hydrogen-bond acceptors (Lipinski definition) is 2. The van der Waals surface area contributed by atoms with Crippen LogP contribution in [0.5, 0.6) is 0 Å². The summed E-state index contributed by atoms with van der Waals surface area (Å²) < 4.78 is 41.7. The molecule has 140 valence electrons. The van der Waals surface area contributed by atoms with Crippen LogP contribution in [0.25, 0.3) is 0 Å². The van der Waals surface area contributed by atoms with Crippen molar-refractivity contribution in [2.75, 3.05) is 11.9 Å². The van der Waals surface area contributed by atoms with Gasteiger partial charge in [-0.2, -0.15) is 4.99 Å². The summed E-state index contributed by atoms with van der Waals surface area (Å²) >= 11 is 0. The van der Waals surface area contributed by atoms with Crippen LogP contribution in [0.1, 0.15) is 24.0 Å². The fourth-order valence-electron chi connectivity index (χ4n) is 2.88. The monoisotopic (exact) mass is 375 g/mol. The number of aliphatic imine (C=N–C) groups is 1. The molecule has 1 fully saturated rings. The van der Waals surface area contributed by atoms with E-state index in [4.69, 9.17) is 0 Å². The maximum atomic E-state index is 14.4. The summed E-state index contributed by atoms with van der Waals surface area (Å²) in [4.78, 5) is 27.8. The highest BCUT2D eigenvalue weighted by Gasteiger charge is 2.36. The lowest BCUT2D eigenvalue weighted by molar-refractivity contribution is -0.113. The molecule has 0 radical (unpaired) electrons. The highest BCUT2D eigenvalue weighted by atomic mass is 19.1. The third-order valence-electron chi connectivity index (χ3n) is 4.24. The summed E-state index contributed by atoms with van der Waals surface area (Å²) in [5.74, 6) is -3.76. The first-order valence-corrected chi connectivity index (χ1v) is 8.30. The predicted molar refractivity (Wildman–Crippen MR) is 94.3 cm³/mol. The smallest absolute Gasteiger partial charge is 0.345 e. The summed E-state index contributed by atoms with van der Waals surface area (Å²) in [5.41, 5.74) is 0.166. The van der Waals surface area contributed by atoms with Crippen LogP contribution in [0.4, 0.5) is 23.7 Å². The molecular weight excluding hydrogens is 359 g/mol. The standard InChI is InChI=1S/C19H16F3N3O2/c1-2-10-7-14(21)16(15(22)8-10)13-9-23-18(26)17(13)25-19(27)24-12-5-3-11(20)4-6-12/h3-8,13H,2,9H2,1H3,(H,23,26)(H,24,27)/t13-/m0/s1. The Morgan fingerprint density at radius 1 is 1.19 bits per heavy atom. The lowest BCUT2D eigenvalue weighted by Crippen LogP contribution is -2.22. The molecule has 3 rings (SSSR count). The van der Waals surface area contributed by atoms with Crippen LogP contribution >= 0.6 is 0 Å². The number of carbonyl (C=O) groups is 2. The van der Waals surface area contributed by atoms with Crippen molar-refractivity contribution in [1.29, 1.82) is 0 Å². The predicted octanol–water partition coefficient (Wildman–Crippen LogP) is 3.55. The SMILES string of the molecule is CCc1cc(F)c([C@@H]2CNC(=O)C2=NC(=O)Nc2ccc(F)cc2)c(F)c1. The van der Waals surface area contributed by atoms with Gasteiger partial charge in [0, 0.05) is 17.8 Å². The zero-order valence-electron chi connectivity index (χ0n) is 14.4. The molecule has 0 saturated carbocycles. The van der Waals surface area contributed by atoms with Crippen molar-refractivity contribution in [3.8, 4) is 0 Å². The number of anilines is 1. The van der Waals surface area contributed by atoms with E-state index < -0.39 is 35.3 Å². The van der Waals surface area contributed by atoms with Crippen LogP contribution in [0, 0.1) is 17.5 Å². The summed E-state index contributed by atoms with van der Waals surface area (Å²) in [7, 11) is 0. The largest absolute Gasteiger partial charge is 0.350 e. The Morgan fingerprint density at radius 3 is 2.41 bits per heavy atom. The second kappa shape index (κ2) is 7.61. The topological polar surface area (TPSA) is 70.6 Å². The Morgan fingerprint density at radius 2 is 1.81 bits per heavy atom. The van der Waals surface area contributed by atoms with Gasteiger partial charge in [-0.3, -0.25) is 4.79 Å². The van der Waals surface area contributed by atoms with Crippen LogP contribution in [0.3, 0.4) is 0 Å². The van der Waals surface area contributed by atoms with Crippen LogP contribution in [0.15, 0.2) is 41.4 Å². The second-order valence-corrected chi connectivity index (χ2v) is 6.02. The molecular formula is C19H16F3N3O2. The van der Waals surface area contributed by atoms with Gasteiger partial charge in [-0.15, -0.1) is 0 Å². The number of benzene rings is 2. The van der Waals surface area contributed by atoms with Gasteiger partial charge in [0.05, 0.1) is 5.92 Å². The van der Waals surface area contributed by atoms with Crippen LogP contribution in [-0.2, 0) is 11.2 Å². The van der Waals surface area contributed by atoms with E-state index in [1.165, 1.54) is 24.3 Å². The normalized spacial score (nSPS) is 17.9. The molecule has 2 aromatic carbocycles. The summed E-state index contributed by atoms with van der Waals surface area (Å²) in [6.45, 7) is 1.70. The van der Waals surface area contributed by atoms with Gasteiger partial charge >= 0.3 is 6.03 Å². The lowest BCUT2D eigenvalue weighted by Gasteiger charge is -2.13. The molecule has 1 aliphatic rings. The molecule has 1 aliphatic heterocycles. The van der Waals surface area contributed by atoms with Crippen LogP contribution in [0.2, 0.25) is 0 Å². The molecule has 0 aromatic heterocycles. The molecule has 0 unspecified atom stereocenters. The second-order valence-electron chi connectivity index (χ2n) is 6.02. The van der Waals surface area contributed by atoms with Crippen molar-refractivity contribution in [2.45, 2.75) is 19.3 Å². The fraction of sp³-hybridized carbons (Fsp3) is 0.211. The minimum absolute atomic E-state index is 0.0686. The Kier molecular flexibility index (Phi) is 5.25. The van der Waals surface area contributed by atoms with Gasteiger partial charge in [-0.05, 0) is 48.4 Å². The van der Waals surface area contributed by atoms with Gasteiger partial charge < -0.3 is 10.6 Å². The first-order valence-electron chi connectivity index (χ1n) is 8.30. The van der Waals surface area contributed by atoms with Crippen molar-refractivity contribution >= 4 is 23.3 Å². The number of nitrogens with zero attached hydrogens (tertiary/aromatic N) is 1. The zero-order valence-corrected chi connectivity index (χ0v) is 14.4. The first kappa shape index (κ1) is 18.6. The number of urea groups is 1. The molecule has 1 saturated heterocycles. The minimum atomic E-state index is -1.03. The Labute approximate surface area is 153 Å². The van der Waals surface area contributed by atoms with Crippen molar-refractivity contribution < 1.29 is 22.8 Å². The van der Waals surface area contributed by atoms with Gasteiger partial charge in [0.25, 0.3) is 5.91 Å².